The molecule has 0 radical (unpaired) electrons. The molecular weight excluding hydrogens is 383 g/mol. The molecule has 0 atom stereocenters. The predicted molar refractivity (Wildman–Crippen MR) is 88.2 cm³/mol. The van der Waals surface area contributed by atoms with Gasteiger partial charge in [-0.15, -0.1) is 0 Å². The molecule has 0 spiro atoms. The van der Waals surface area contributed by atoms with Gasteiger partial charge in [0.2, 0.25) is 0 Å². The van der Waals surface area contributed by atoms with Crippen LogP contribution < -0.4 is 15.8 Å². The molecule has 0 aliphatic heterocycles. The summed E-state index contributed by atoms with van der Waals surface area (Å²) in [4.78, 5) is 22.8. The van der Waals surface area contributed by atoms with Gasteiger partial charge in [0.05, 0.1) is 0 Å². The number of rotatable bonds is 5. The van der Waals surface area contributed by atoms with Gasteiger partial charge in [0.15, 0.2) is 6.61 Å². The fourth-order valence-electron chi connectivity index (χ4n) is 1.65. The number of halogens is 1. The molecular formula is C15H13IN2O3. The molecule has 0 aliphatic rings. The maximum absolute atomic E-state index is 12.2. The third-order valence-corrected chi connectivity index (χ3v) is 3.23. The summed E-state index contributed by atoms with van der Waals surface area (Å²) in [5.74, 6) is -0.394. The normalized spacial score (nSPS) is 9.95. The Balaban J connectivity index is 2.08. The first-order valence-electron chi connectivity index (χ1n) is 6.12. The Bertz CT molecular complexity index is 673. The predicted octanol–water partition coefficient (Wildman–Crippen LogP) is 2.41. The molecule has 2 rings (SSSR count). The van der Waals surface area contributed by atoms with Crippen LogP contribution in [0.25, 0.3) is 0 Å². The number of nitrogens with two attached hydrogens (primary N) is 1. The van der Waals surface area contributed by atoms with Gasteiger partial charge < -0.3 is 15.8 Å². The van der Waals surface area contributed by atoms with E-state index in [1.807, 2.05) is 24.3 Å². The lowest BCUT2D eigenvalue weighted by Gasteiger charge is -2.08. The minimum atomic E-state index is -0.566. The highest BCUT2D eigenvalue weighted by atomic mass is 127. The standard InChI is InChI=1S/C15H13IN2O3/c16-11-4-2-5-12(8-11)18-15(20)10-3-1-6-13(7-10)21-9-14(17)19/h1-8H,9H2,(H2,17,19)(H,18,20). The van der Waals surface area contributed by atoms with Gasteiger partial charge >= 0.3 is 0 Å². The zero-order valence-corrected chi connectivity index (χ0v) is 13.2. The van der Waals surface area contributed by atoms with Crippen LogP contribution in [0.15, 0.2) is 48.5 Å². The molecule has 2 amide bonds. The number of benzene rings is 2. The Morgan fingerprint density at radius 2 is 1.90 bits per heavy atom. The van der Waals surface area contributed by atoms with E-state index in [9.17, 15) is 9.59 Å². The van der Waals surface area contributed by atoms with Crippen LogP contribution in [0.3, 0.4) is 0 Å². The van der Waals surface area contributed by atoms with E-state index in [0.29, 0.717) is 11.3 Å². The first-order chi connectivity index (χ1) is 10.0. The molecule has 2 aromatic carbocycles. The average Bonchev–Trinajstić information content (AvgIpc) is 2.45. The number of amides is 2. The Hall–Kier alpha value is -2.09. The van der Waals surface area contributed by atoms with Crippen LogP contribution in [-0.4, -0.2) is 18.4 Å². The first kappa shape index (κ1) is 15.3. The van der Waals surface area contributed by atoms with E-state index in [1.54, 1.807) is 24.3 Å². The summed E-state index contributed by atoms with van der Waals surface area (Å²) in [6.45, 7) is -0.220. The fourth-order valence-corrected chi connectivity index (χ4v) is 2.19. The Kier molecular flexibility index (Phi) is 5.15. The van der Waals surface area contributed by atoms with Crippen molar-refractivity contribution >= 4 is 40.1 Å². The molecule has 0 fully saturated rings. The summed E-state index contributed by atoms with van der Waals surface area (Å²) in [5.41, 5.74) is 6.17. The van der Waals surface area contributed by atoms with Crippen molar-refractivity contribution in [3.63, 3.8) is 0 Å². The molecule has 0 heterocycles. The minimum Gasteiger partial charge on any atom is -0.484 e. The largest absolute Gasteiger partial charge is 0.484 e. The van der Waals surface area contributed by atoms with Gasteiger partial charge in [0, 0.05) is 14.8 Å². The van der Waals surface area contributed by atoms with Crippen molar-refractivity contribution in [3.05, 3.63) is 57.7 Å². The van der Waals surface area contributed by atoms with Gasteiger partial charge in [-0.25, -0.2) is 0 Å². The number of carbonyl (C=O) groups is 2. The van der Waals surface area contributed by atoms with Crippen molar-refractivity contribution in [2.24, 2.45) is 5.73 Å². The van der Waals surface area contributed by atoms with Crippen molar-refractivity contribution in [2.75, 3.05) is 11.9 Å². The second-order valence-electron chi connectivity index (χ2n) is 4.25. The van der Waals surface area contributed by atoms with Gasteiger partial charge in [-0.05, 0) is 59.0 Å². The number of primary amides is 1. The van der Waals surface area contributed by atoms with Crippen LogP contribution in [0.2, 0.25) is 0 Å². The van der Waals surface area contributed by atoms with Gasteiger partial charge in [-0.2, -0.15) is 0 Å². The molecule has 0 unspecified atom stereocenters. The second-order valence-corrected chi connectivity index (χ2v) is 5.49. The summed E-state index contributed by atoms with van der Waals surface area (Å²) in [6.07, 6.45) is 0. The number of carbonyl (C=O) groups excluding carboxylic acids is 2. The van der Waals surface area contributed by atoms with E-state index in [-0.39, 0.29) is 12.5 Å². The number of ether oxygens (including phenoxy) is 1. The van der Waals surface area contributed by atoms with E-state index in [2.05, 4.69) is 27.9 Å². The van der Waals surface area contributed by atoms with E-state index >= 15 is 0 Å². The highest BCUT2D eigenvalue weighted by Gasteiger charge is 2.08. The molecule has 0 bridgehead atoms. The maximum Gasteiger partial charge on any atom is 0.255 e. The summed E-state index contributed by atoms with van der Waals surface area (Å²) < 4.78 is 6.20. The highest BCUT2D eigenvalue weighted by molar-refractivity contribution is 14.1. The third-order valence-electron chi connectivity index (χ3n) is 2.56. The van der Waals surface area contributed by atoms with Crippen molar-refractivity contribution in [2.45, 2.75) is 0 Å². The van der Waals surface area contributed by atoms with Crippen LogP contribution in [0.1, 0.15) is 10.4 Å². The Morgan fingerprint density at radius 1 is 1.14 bits per heavy atom. The summed E-state index contributed by atoms with van der Waals surface area (Å²) in [7, 11) is 0. The van der Waals surface area contributed by atoms with E-state index in [1.165, 1.54) is 0 Å². The van der Waals surface area contributed by atoms with Gasteiger partial charge in [-0.1, -0.05) is 12.1 Å². The van der Waals surface area contributed by atoms with Crippen LogP contribution >= 0.6 is 22.6 Å². The van der Waals surface area contributed by atoms with Crippen molar-refractivity contribution in [1.29, 1.82) is 0 Å². The SMILES string of the molecule is NC(=O)COc1cccc(C(=O)Nc2cccc(I)c2)c1. The lowest BCUT2D eigenvalue weighted by molar-refractivity contribution is -0.119. The van der Waals surface area contributed by atoms with E-state index in [0.717, 1.165) is 9.26 Å². The molecule has 5 nitrogen and oxygen atoms in total. The molecule has 0 aromatic heterocycles. The van der Waals surface area contributed by atoms with Crippen LogP contribution in [0, 0.1) is 3.57 Å². The first-order valence-corrected chi connectivity index (χ1v) is 7.20. The van der Waals surface area contributed by atoms with Gasteiger partial charge in [0.25, 0.3) is 11.8 Å². The molecule has 0 saturated carbocycles. The molecule has 108 valence electrons. The zero-order chi connectivity index (χ0) is 15.2. The molecule has 2 aromatic rings. The van der Waals surface area contributed by atoms with Crippen molar-refractivity contribution < 1.29 is 14.3 Å². The topological polar surface area (TPSA) is 81.4 Å². The van der Waals surface area contributed by atoms with Crippen molar-refractivity contribution in [1.82, 2.24) is 0 Å². The molecule has 3 N–H and O–H groups in total. The van der Waals surface area contributed by atoms with Crippen molar-refractivity contribution in [3.8, 4) is 5.75 Å². The van der Waals surface area contributed by atoms with Crippen LogP contribution in [0.5, 0.6) is 5.75 Å². The zero-order valence-electron chi connectivity index (χ0n) is 11.0. The summed E-state index contributed by atoms with van der Waals surface area (Å²) >= 11 is 2.17. The van der Waals surface area contributed by atoms with Gasteiger partial charge in [0.1, 0.15) is 5.75 Å². The monoisotopic (exact) mass is 396 g/mol. The third kappa shape index (κ3) is 4.75. The smallest absolute Gasteiger partial charge is 0.255 e. The van der Waals surface area contributed by atoms with E-state index < -0.39 is 5.91 Å². The highest BCUT2D eigenvalue weighted by Crippen LogP contribution is 2.16. The Labute approximate surface area is 135 Å². The summed E-state index contributed by atoms with van der Waals surface area (Å²) in [5, 5.41) is 2.80. The number of anilines is 1. The summed E-state index contributed by atoms with van der Waals surface area (Å²) in [6, 6.07) is 14.1. The van der Waals surface area contributed by atoms with E-state index in [4.69, 9.17) is 10.5 Å². The molecule has 0 saturated heterocycles. The second kappa shape index (κ2) is 7.07. The lowest BCUT2D eigenvalue weighted by Crippen LogP contribution is -2.20. The number of hydrogen-bond acceptors (Lipinski definition) is 3. The lowest BCUT2D eigenvalue weighted by atomic mass is 10.2. The number of hydrogen-bond donors (Lipinski definition) is 2. The minimum absolute atomic E-state index is 0.220. The van der Waals surface area contributed by atoms with Crippen LogP contribution in [-0.2, 0) is 4.79 Å². The fraction of sp³-hybridized carbons (Fsp3) is 0.0667. The molecule has 6 heteroatoms. The molecule has 0 aliphatic carbocycles. The quantitative estimate of drug-likeness (QED) is 0.762. The number of nitrogens with one attached hydrogen (secondary N) is 1. The van der Waals surface area contributed by atoms with Crippen LogP contribution in [0.4, 0.5) is 5.69 Å². The van der Waals surface area contributed by atoms with Gasteiger partial charge in [-0.3, -0.25) is 9.59 Å². The Morgan fingerprint density at radius 3 is 2.62 bits per heavy atom. The maximum atomic E-state index is 12.2. The molecule has 21 heavy (non-hydrogen) atoms. The average molecular weight is 396 g/mol.